The Kier molecular flexibility index (Phi) is 4.35. The van der Waals surface area contributed by atoms with Crippen molar-refractivity contribution in [2.75, 3.05) is 0 Å². The number of aromatic nitrogens is 4. The first-order valence-corrected chi connectivity index (χ1v) is 8.15. The molecule has 3 aromatic rings. The van der Waals surface area contributed by atoms with Crippen molar-refractivity contribution in [3.05, 3.63) is 41.9 Å². The van der Waals surface area contributed by atoms with Crippen LogP contribution in [-0.2, 0) is 0 Å². The SMILES string of the molecule is CC(NC(C)C(C)n1cccn1)c1nnc(-c2cccs2)o1. The second-order valence-electron chi connectivity index (χ2n) is 5.33. The predicted molar refractivity (Wildman–Crippen MR) is 85.6 cm³/mol. The second kappa shape index (κ2) is 6.41. The molecular formula is C15H19N5OS. The van der Waals surface area contributed by atoms with Crippen LogP contribution in [0.25, 0.3) is 10.8 Å². The first kappa shape index (κ1) is 14.9. The third-order valence-electron chi connectivity index (χ3n) is 3.72. The molecule has 0 aromatic carbocycles. The van der Waals surface area contributed by atoms with E-state index in [9.17, 15) is 0 Å². The fraction of sp³-hybridized carbons (Fsp3) is 0.400. The van der Waals surface area contributed by atoms with Crippen LogP contribution in [0.4, 0.5) is 0 Å². The highest BCUT2D eigenvalue weighted by atomic mass is 32.1. The van der Waals surface area contributed by atoms with Gasteiger partial charge in [-0.1, -0.05) is 6.07 Å². The van der Waals surface area contributed by atoms with Crippen molar-refractivity contribution in [1.82, 2.24) is 25.3 Å². The Hall–Kier alpha value is -1.99. The van der Waals surface area contributed by atoms with Gasteiger partial charge in [-0.3, -0.25) is 4.68 Å². The van der Waals surface area contributed by atoms with E-state index in [-0.39, 0.29) is 18.1 Å². The Morgan fingerprint density at radius 3 is 2.77 bits per heavy atom. The fourth-order valence-corrected chi connectivity index (χ4v) is 2.91. The molecule has 0 saturated heterocycles. The van der Waals surface area contributed by atoms with Gasteiger partial charge in [-0.05, 0) is 38.3 Å². The summed E-state index contributed by atoms with van der Waals surface area (Å²) in [5.74, 6) is 1.18. The van der Waals surface area contributed by atoms with E-state index in [1.54, 1.807) is 17.5 Å². The smallest absolute Gasteiger partial charge is 0.257 e. The van der Waals surface area contributed by atoms with Gasteiger partial charge in [-0.2, -0.15) is 5.10 Å². The summed E-state index contributed by atoms with van der Waals surface area (Å²) >= 11 is 1.59. The minimum absolute atomic E-state index is 0.0192. The standard InChI is InChI=1S/C15H19N5OS/c1-10(12(3)20-8-5-7-16-20)17-11(2)14-18-19-15(21-14)13-6-4-9-22-13/h4-12,17H,1-3H3. The minimum atomic E-state index is -0.0192. The van der Waals surface area contributed by atoms with Crippen LogP contribution < -0.4 is 5.32 Å². The van der Waals surface area contributed by atoms with Gasteiger partial charge in [-0.25, -0.2) is 0 Å². The van der Waals surface area contributed by atoms with Crippen LogP contribution in [-0.4, -0.2) is 26.0 Å². The summed E-state index contributed by atoms with van der Waals surface area (Å²) in [6.07, 6.45) is 3.76. The molecule has 0 amide bonds. The lowest BCUT2D eigenvalue weighted by Crippen LogP contribution is -2.35. The first-order valence-electron chi connectivity index (χ1n) is 7.27. The van der Waals surface area contributed by atoms with E-state index in [1.165, 1.54) is 0 Å². The number of rotatable bonds is 6. The predicted octanol–water partition coefficient (Wildman–Crippen LogP) is 3.29. The molecule has 0 saturated carbocycles. The van der Waals surface area contributed by atoms with Crippen molar-refractivity contribution in [1.29, 1.82) is 0 Å². The van der Waals surface area contributed by atoms with Gasteiger partial charge in [0.25, 0.3) is 5.89 Å². The molecule has 0 bridgehead atoms. The quantitative estimate of drug-likeness (QED) is 0.755. The molecule has 116 valence electrons. The number of hydrogen-bond acceptors (Lipinski definition) is 6. The molecular weight excluding hydrogens is 298 g/mol. The normalized spacial score (nSPS) is 15.6. The molecule has 3 heterocycles. The highest BCUT2D eigenvalue weighted by molar-refractivity contribution is 7.13. The lowest BCUT2D eigenvalue weighted by molar-refractivity contribution is 0.317. The molecule has 0 aliphatic rings. The summed E-state index contributed by atoms with van der Waals surface area (Å²) in [4.78, 5) is 0.990. The van der Waals surface area contributed by atoms with Crippen molar-refractivity contribution in [3.63, 3.8) is 0 Å². The zero-order valence-electron chi connectivity index (χ0n) is 12.8. The topological polar surface area (TPSA) is 68.8 Å². The lowest BCUT2D eigenvalue weighted by atomic mass is 10.1. The van der Waals surface area contributed by atoms with E-state index in [0.29, 0.717) is 11.8 Å². The minimum Gasteiger partial charge on any atom is -0.418 e. The molecule has 3 aromatic heterocycles. The Bertz CT molecular complexity index is 691. The Labute approximate surface area is 133 Å². The third kappa shape index (κ3) is 3.10. The van der Waals surface area contributed by atoms with Crippen molar-refractivity contribution in [3.8, 4) is 10.8 Å². The van der Waals surface area contributed by atoms with Gasteiger partial charge in [-0.15, -0.1) is 21.5 Å². The maximum Gasteiger partial charge on any atom is 0.257 e. The second-order valence-corrected chi connectivity index (χ2v) is 6.27. The van der Waals surface area contributed by atoms with Crippen LogP contribution in [0.3, 0.4) is 0 Å². The Morgan fingerprint density at radius 1 is 1.23 bits per heavy atom. The molecule has 0 spiro atoms. The lowest BCUT2D eigenvalue weighted by Gasteiger charge is -2.24. The van der Waals surface area contributed by atoms with Gasteiger partial charge < -0.3 is 9.73 Å². The van der Waals surface area contributed by atoms with E-state index < -0.39 is 0 Å². The summed E-state index contributed by atoms with van der Waals surface area (Å²) in [5.41, 5.74) is 0. The Morgan fingerprint density at radius 2 is 2.09 bits per heavy atom. The molecule has 0 aliphatic heterocycles. The van der Waals surface area contributed by atoms with Crippen LogP contribution in [0.15, 0.2) is 40.4 Å². The average Bonchev–Trinajstić information content (AvgIpc) is 3.26. The molecule has 1 N–H and O–H groups in total. The van der Waals surface area contributed by atoms with E-state index in [1.807, 2.05) is 41.4 Å². The molecule has 3 unspecified atom stereocenters. The van der Waals surface area contributed by atoms with Gasteiger partial charge >= 0.3 is 0 Å². The highest BCUT2D eigenvalue weighted by Gasteiger charge is 2.21. The van der Waals surface area contributed by atoms with Crippen LogP contribution in [0, 0.1) is 0 Å². The monoisotopic (exact) mass is 317 g/mol. The summed E-state index contributed by atoms with van der Waals surface area (Å²) in [7, 11) is 0. The van der Waals surface area contributed by atoms with Crippen LogP contribution >= 0.6 is 11.3 Å². The van der Waals surface area contributed by atoms with Gasteiger partial charge in [0.2, 0.25) is 5.89 Å². The van der Waals surface area contributed by atoms with E-state index in [4.69, 9.17) is 4.42 Å². The number of hydrogen-bond donors (Lipinski definition) is 1. The summed E-state index contributed by atoms with van der Waals surface area (Å²) in [6, 6.07) is 6.30. The fourth-order valence-electron chi connectivity index (χ4n) is 2.26. The largest absolute Gasteiger partial charge is 0.418 e. The molecule has 0 aliphatic carbocycles. The van der Waals surface area contributed by atoms with Crippen molar-refractivity contribution >= 4 is 11.3 Å². The van der Waals surface area contributed by atoms with E-state index in [0.717, 1.165) is 4.88 Å². The van der Waals surface area contributed by atoms with Crippen LogP contribution in [0.2, 0.25) is 0 Å². The Balaban J connectivity index is 1.65. The van der Waals surface area contributed by atoms with E-state index in [2.05, 4.69) is 34.5 Å². The number of thiophene rings is 1. The molecule has 6 nitrogen and oxygen atoms in total. The van der Waals surface area contributed by atoms with Gasteiger partial charge in [0.05, 0.1) is 17.0 Å². The molecule has 3 rings (SSSR count). The zero-order chi connectivity index (χ0) is 15.5. The molecule has 7 heteroatoms. The molecule has 22 heavy (non-hydrogen) atoms. The van der Waals surface area contributed by atoms with Crippen molar-refractivity contribution < 1.29 is 4.42 Å². The van der Waals surface area contributed by atoms with Gasteiger partial charge in [0, 0.05) is 18.4 Å². The highest BCUT2D eigenvalue weighted by Crippen LogP contribution is 2.25. The maximum absolute atomic E-state index is 5.76. The van der Waals surface area contributed by atoms with Gasteiger partial charge in [0.1, 0.15) is 0 Å². The zero-order valence-corrected chi connectivity index (χ0v) is 13.6. The van der Waals surface area contributed by atoms with Crippen LogP contribution in [0.5, 0.6) is 0 Å². The molecule has 0 radical (unpaired) electrons. The summed E-state index contributed by atoms with van der Waals surface area (Å²) in [5, 5.41) is 18.0. The van der Waals surface area contributed by atoms with E-state index >= 15 is 0 Å². The molecule has 0 fully saturated rings. The van der Waals surface area contributed by atoms with Crippen LogP contribution in [0.1, 0.15) is 38.7 Å². The summed E-state index contributed by atoms with van der Waals surface area (Å²) in [6.45, 7) is 6.28. The number of nitrogens with one attached hydrogen (secondary N) is 1. The third-order valence-corrected chi connectivity index (χ3v) is 4.58. The van der Waals surface area contributed by atoms with Gasteiger partial charge in [0.15, 0.2) is 0 Å². The maximum atomic E-state index is 5.76. The number of nitrogens with zero attached hydrogens (tertiary/aromatic N) is 4. The molecule has 3 atom stereocenters. The average molecular weight is 317 g/mol. The summed E-state index contributed by atoms with van der Waals surface area (Å²) < 4.78 is 7.70. The van der Waals surface area contributed by atoms with Crippen molar-refractivity contribution in [2.24, 2.45) is 0 Å². The van der Waals surface area contributed by atoms with Crippen molar-refractivity contribution in [2.45, 2.75) is 38.9 Å². The first-order chi connectivity index (χ1) is 10.6.